The Morgan fingerprint density at radius 1 is 1.00 bits per heavy atom. The fourth-order valence-electron chi connectivity index (χ4n) is 5.33. The van der Waals surface area contributed by atoms with E-state index in [1.54, 1.807) is 12.3 Å². The lowest BCUT2D eigenvalue weighted by atomic mass is 9.98. The number of nitrogens with zero attached hydrogens (tertiary/aromatic N) is 3. The van der Waals surface area contributed by atoms with E-state index in [9.17, 15) is 5.11 Å². The van der Waals surface area contributed by atoms with Gasteiger partial charge in [-0.05, 0) is 101 Å². The molecule has 2 N–H and O–H groups in total. The number of halogens is 1. The molecule has 2 aliphatic heterocycles. The molecule has 3 aromatic rings. The first kappa shape index (κ1) is 22.5. The Morgan fingerprint density at radius 2 is 1.85 bits per heavy atom. The first-order valence-electron chi connectivity index (χ1n) is 12.3. The van der Waals surface area contributed by atoms with E-state index in [0.717, 1.165) is 40.9 Å². The van der Waals surface area contributed by atoms with Crippen LogP contribution >= 0.6 is 11.6 Å². The van der Waals surface area contributed by atoms with Crippen LogP contribution < -0.4 is 5.32 Å². The number of hydrogen-bond acceptors (Lipinski definition) is 5. The van der Waals surface area contributed by atoms with Crippen molar-refractivity contribution in [2.45, 2.75) is 51.1 Å². The lowest BCUT2D eigenvalue weighted by molar-refractivity contribution is 0.121. The Morgan fingerprint density at radius 3 is 2.73 bits per heavy atom. The molecule has 33 heavy (non-hydrogen) atoms. The third kappa shape index (κ3) is 5.43. The van der Waals surface area contributed by atoms with E-state index in [1.165, 1.54) is 58.2 Å². The molecule has 1 atom stereocenters. The smallest absolute Gasteiger partial charge is 0.120 e. The monoisotopic (exact) mass is 464 g/mol. The zero-order chi connectivity index (χ0) is 22.6. The Bertz CT molecular complexity index is 1100. The molecule has 2 fully saturated rings. The average molecular weight is 465 g/mol. The lowest BCUT2D eigenvalue weighted by Crippen LogP contribution is -2.41. The average Bonchev–Trinajstić information content (AvgIpc) is 3.34. The van der Waals surface area contributed by atoms with Crippen molar-refractivity contribution in [2.75, 3.05) is 31.5 Å². The van der Waals surface area contributed by atoms with Crippen molar-refractivity contribution in [2.24, 2.45) is 0 Å². The van der Waals surface area contributed by atoms with Crippen LogP contribution in [0.1, 0.15) is 44.1 Å². The van der Waals surface area contributed by atoms with Gasteiger partial charge in [0.1, 0.15) is 5.75 Å². The van der Waals surface area contributed by atoms with Crippen molar-refractivity contribution in [1.82, 2.24) is 14.8 Å². The van der Waals surface area contributed by atoms with E-state index in [0.29, 0.717) is 16.8 Å². The van der Waals surface area contributed by atoms with E-state index in [1.807, 2.05) is 30.3 Å². The minimum absolute atomic E-state index is 0.371. The highest BCUT2D eigenvalue weighted by atomic mass is 35.5. The molecule has 5 rings (SSSR count). The van der Waals surface area contributed by atoms with E-state index >= 15 is 0 Å². The maximum atomic E-state index is 10.6. The number of pyridine rings is 1. The summed E-state index contributed by atoms with van der Waals surface area (Å²) in [6.07, 6.45) is 9.53. The van der Waals surface area contributed by atoms with Crippen LogP contribution in [-0.4, -0.2) is 52.1 Å². The lowest BCUT2D eigenvalue weighted by Gasteiger charge is -2.37. The zero-order valence-electron chi connectivity index (χ0n) is 19.1. The second-order valence-electron chi connectivity index (χ2n) is 9.45. The second-order valence-corrected chi connectivity index (χ2v) is 9.88. The summed E-state index contributed by atoms with van der Waals surface area (Å²) in [6.45, 7) is 5.62. The van der Waals surface area contributed by atoms with Crippen LogP contribution in [0.3, 0.4) is 0 Å². The molecule has 2 saturated heterocycles. The number of phenolic OH excluding ortho intramolecular Hbond substituents is 1. The summed E-state index contributed by atoms with van der Waals surface area (Å²) in [5, 5.41) is 15.9. The van der Waals surface area contributed by atoms with Crippen molar-refractivity contribution in [3.8, 4) is 5.75 Å². The molecule has 0 radical (unpaired) electrons. The number of piperidine rings is 1. The number of aromatic nitrogens is 1. The van der Waals surface area contributed by atoms with Gasteiger partial charge in [-0.25, -0.2) is 0 Å². The summed E-state index contributed by atoms with van der Waals surface area (Å²) in [6, 6.07) is 14.2. The van der Waals surface area contributed by atoms with Crippen LogP contribution in [0.15, 0.2) is 48.7 Å². The Kier molecular flexibility index (Phi) is 7.00. The third-order valence-electron chi connectivity index (χ3n) is 7.16. The van der Waals surface area contributed by atoms with Crippen LogP contribution in [0, 0.1) is 0 Å². The van der Waals surface area contributed by atoms with Gasteiger partial charge < -0.3 is 15.3 Å². The molecule has 0 bridgehead atoms. The number of nitrogens with one attached hydrogen (secondary N) is 1. The van der Waals surface area contributed by atoms with Crippen molar-refractivity contribution >= 4 is 33.9 Å². The molecule has 0 amide bonds. The maximum absolute atomic E-state index is 10.6. The van der Waals surface area contributed by atoms with E-state index in [4.69, 9.17) is 11.6 Å². The molecule has 2 aromatic carbocycles. The summed E-state index contributed by atoms with van der Waals surface area (Å²) >= 11 is 6.14. The number of phenols is 1. The number of rotatable bonds is 7. The molecule has 0 saturated carbocycles. The van der Waals surface area contributed by atoms with E-state index < -0.39 is 0 Å². The number of benzene rings is 2. The van der Waals surface area contributed by atoms with Crippen LogP contribution in [0.25, 0.3) is 10.9 Å². The topological polar surface area (TPSA) is 51.6 Å². The van der Waals surface area contributed by atoms with Gasteiger partial charge in [0.2, 0.25) is 0 Å². The molecule has 5 nitrogen and oxygen atoms in total. The first-order chi connectivity index (χ1) is 16.2. The minimum atomic E-state index is 0.371. The molecule has 174 valence electrons. The highest BCUT2D eigenvalue weighted by Gasteiger charge is 2.24. The predicted molar refractivity (Wildman–Crippen MR) is 136 cm³/mol. The standard InChI is InChI=1S/C27H33ClN4O/c28-21-6-8-24-25(10-12-29-26(24)18-21)30-22-7-9-27(33)20(17-22)19-32-15-2-1-5-23(32)11-16-31-13-3-4-14-31/h6-10,12,17-18,23,33H,1-5,11,13-16,19H2,(H,29,30). The maximum Gasteiger partial charge on any atom is 0.120 e. The second kappa shape index (κ2) is 10.3. The summed E-state index contributed by atoms with van der Waals surface area (Å²) in [7, 11) is 0. The number of anilines is 2. The Hall–Kier alpha value is -2.34. The zero-order valence-corrected chi connectivity index (χ0v) is 19.9. The SMILES string of the molecule is Oc1ccc(Nc2ccnc3cc(Cl)ccc23)cc1CN1CCCCC1CCN1CCCC1. The number of likely N-dealkylation sites (tertiary alicyclic amines) is 2. The van der Waals surface area contributed by atoms with Crippen molar-refractivity contribution < 1.29 is 5.11 Å². The number of fused-ring (bicyclic) bond motifs is 1. The quantitative estimate of drug-likeness (QED) is 0.409. The van der Waals surface area contributed by atoms with Gasteiger partial charge in [0.05, 0.1) is 5.52 Å². The molecule has 6 heteroatoms. The predicted octanol–water partition coefficient (Wildman–Crippen LogP) is 6.18. The molecule has 0 spiro atoms. The fourth-order valence-corrected chi connectivity index (χ4v) is 5.49. The first-order valence-corrected chi connectivity index (χ1v) is 12.6. The van der Waals surface area contributed by atoms with E-state index in [2.05, 4.69) is 26.2 Å². The summed E-state index contributed by atoms with van der Waals surface area (Å²) < 4.78 is 0. The van der Waals surface area contributed by atoms with Gasteiger partial charge in [-0.3, -0.25) is 9.88 Å². The molecule has 3 heterocycles. The fraction of sp³-hybridized carbons (Fsp3) is 0.444. The summed E-state index contributed by atoms with van der Waals surface area (Å²) in [5.41, 5.74) is 3.79. The summed E-state index contributed by atoms with van der Waals surface area (Å²) in [4.78, 5) is 9.63. The van der Waals surface area contributed by atoms with Gasteiger partial charge in [0.25, 0.3) is 0 Å². The Balaban J connectivity index is 1.31. The molecule has 1 unspecified atom stereocenters. The number of aromatic hydroxyl groups is 1. The van der Waals surface area contributed by atoms with Crippen LogP contribution in [0.4, 0.5) is 11.4 Å². The molecule has 2 aliphatic rings. The summed E-state index contributed by atoms with van der Waals surface area (Å²) in [5.74, 6) is 0.371. The highest BCUT2D eigenvalue weighted by Crippen LogP contribution is 2.31. The van der Waals surface area contributed by atoms with Gasteiger partial charge in [0.15, 0.2) is 0 Å². The van der Waals surface area contributed by atoms with Gasteiger partial charge >= 0.3 is 0 Å². The minimum Gasteiger partial charge on any atom is -0.508 e. The third-order valence-corrected chi connectivity index (χ3v) is 7.40. The van der Waals surface area contributed by atoms with Crippen molar-refractivity contribution in [3.63, 3.8) is 0 Å². The molecule has 1 aromatic heterocycles. The van der Waals surface area contributed by atoms with Gasteiger partial charge in [-0.15, -0.1) is 0 Å². The molecule has 0 aliphatic carbocycles. The van der Waals surface area contributed by atoms with Crippen molar-refractivity contribution in [3.05, 3.63) is 59.2 Å². The normalized spacial score (nSPS) is 19.8. The number of hydrogen-bond donors (Lipinski definition) is 2. The molecular formula is C27H33ClN4O. The van der Waals surface area contributed by atoms with Gasteiger partial charge in [-0.2, -0.15) is 0 Å². The molecular weight excluding hydrogens is 432 g/mol. The Labute approximate surface area is 201 Å². The van der Waals surface area contributed by atoms with Crippen LogP contribution in [-0.2, 0) is 6.54 Å². The van der Waals surface area contributed by atoms with E-state index in [-0.39, 0.29) is 0 Å². The van der Waals surface area contributed by atoms with Crippen LogP contribution in [0.2, 0.25) is 5.02 Å². The van der Waals surface area contributed by atoms with Gasteiger partial charge in [-0.1, -0.05) is 18.0 Å². The van der Waals surface area contributed by atoms with Gasteiger partial charge in [0, 0.05) is 46.1 Å². The highest BCUT2D eigenvalue weighted by molar-refractivity contribution is 6.31. The van der Waals surface area contributed by atoms with Crippen LogP contribution in [0.5, 0.6) is 5.75 Å². The largest absolute Gasteiger partial charge is 0.508 e. The van der Waals surface area contributed by atoms with Crippen molar-refractivity contribution in [1.29, 1.82) is 0 Å².